The van der Waals surface area contributed by atoms with E-state index in [1.54, 1.807) is 12.0 Å². The molecule has 0 aromatic heterocycles. The lowest BCUT2D eigenvalue weighted by molar-refractivity contribution is -0.131. The Labute approximate surface area is 146 Å². The molecule has 0 unspecified atom stereocenters. The van der Waals surface area contributed by atoms with Crippen LogP contribution in [0.2, 0.25) is 0 Å². The Morgan fingerprint density at radius 3 is 2.77 bits per heavy atom. The Balaban J connectivity index is 0.00000242. The molecule has 1 fully saturated rings. The number of benzene rings is 1. The summed E-state index contributed by atoms with van der Waals surface area (Å²) < 4.78 is 6.34. The summed E-state index contributed by atoms with van der Waals surface area (Å²) in [4.78, 5) is 14.1. The molecule has 0 heterocycles. The third-order valence-electron chi connectivity index (χ3n) is 4.23. The third kappa shape index (κ3) is 4.86. The molecule has 6 heteroatoms. The zero-order valence-corrected chi connectivity index (χ0v) is 15.5. The SMILES string of the molecule is COc1ccc(Br)cc1CN(C)C(=O)C[C@@H]1CCC[C@H]1N.Cl. The van der Waals surface area contributed by atoms with Crippen LogP contribution < -0.4 is 10.5 Å². The molecule has 2 N–H and O–H groups in total. The van der Waals surface area contributed by atoms with Crippen molar-refractivity contribution in [1.29, 1.82) is 0 Å². The lowest BCUT2D eigenvalue weighted by Gasteiger charge is -2.22. The number of hydrogen-bond acceptors (Lipinski definition) is 3. The quantitative estimate of drug-likeness (QED) is 0.837. The molecular formula is C16H24BrClN2O2. The van der Waals surface area contributed by atoms with Gasteiger partial charge in [0, 0.05) is 36.1 Å². The number of halogens is 2. The van der Waals surface area contributed by atoms with Gasteiger partial charge in [0.15, 0.2) is 0 Å². The van der Waals surface area contributed by atoms with Gasteiger partial charge in [-0.05, 0) is 37.0 Å². The summed E-state index contributed by atoms with van der Waals surface area (Å²) in [7, 11) is 3.48. The van der Waals surface area contributed by atoms with Crippen molar-refractivity contribution in [3.63, 3.8) is 0 Å². The normalized spacial score (nSPS) is 20.4. The minimum Gasteiger partial charge on any atom is -0.496 e. The molecule has 1 amide bonds. The second kappa shape index (κ2) is 8.75. The van der Waals surface area contributed by atoms with Crippen LogP contribution in [-0.2, 0) is 11.3 Å². The summed E-state index contributed by atoms with van der Waals surface area (Å²) in [6, 6.07) is 6.01. The van der Waals surface area contributed by atoms with Gasteiger partial charge < -0.3 is 15.4 Å². The molecule has 4 nitrogen and oxygen atoms in total. The van der Waals surface area contributed by atoms with Gasteiger partial charge in [-0.25, -0.2) is 0 Å². The van der Waals surface area contributed by atoms with Crippen LogP contribution in [0.5, 0.6) is 5.75 Å². The van der Waals surface area contributed by atoms with Crippen LogP contribution in [0, 0.1) is 5.92 Å². The second-order valence-corrected chi connectivity index (χ2v) is 6.68. The van der Waals surface area contributed by atoms with Crippen molar-refractivity contribution in [3.05, 3.63) is 28.2 Å². The van der Waals surface area contributed by atoms with E-state index in [1.165, 1.54) is 0 Å². The highest BCUT2D eigenvalue weighted by Gasteiger charge is 2.27. The van der Waals surface area contributed by atoms with Crippen LogP contribution in [0.15, 0.2) is 22.7 Å². The van der Waals surface area contributed by atoms with Gasteiger partial charge in [0.05, 0.1) is 7.11 Å². The van der Waals surface area contributed by atoms with Gasteiger partial charge in [0.2, 0.25) is 5.91 Å². The Kier molecular flexibility index (Phi) is 7.66. The highest BCUT2D eigenvalue weighted by Crippen LogP contribution is 2.28. The Bertz CT molecular complexity index is 513. The molecule has 1 aromatic rings. The fourth-order valence-corrected chi connectivity index (χ4v) is 3.32. The number of amides is 1. The predicted molar refractivity (Wildman–Crippen MR) is 94.3 cm³/mol. The van der Waals surface area contributed by atoms with Crippen LogP contribution in [0.1, 0.15) is 31.2 Å². The average molecular weight is 392 g/mol. The van der Waals surface area contributed by atoms with Crippen molar-refractivity contribution < 1.29 is 9.53 Å². The fraction of sp³-hybridized carbons (Fsp3) is 0.562. The van der Waals surface area contributed by atoms with Crippen LogP contribution in [0.25, 0.3) is 0 Å². The molecule has 22 heavy (non-hydrogen) atoms. The van der Waals surface area contributed by atoms with Gasteiger partial charge in [-0.2, -0.15) is 0 Å². The first-order valence-corrected chi connectivity index (χ1v) is 8.12. The molecular weight excluding hydrogens is 368 g/mol. The van der Waals surface area contributed by atoms with E-state index in [-0.39, 0.29) is 24.4 Å². The highest BCUT2D eigenvalue weighted by atomic mass is 79.9. The van der Waals surface area contributed by atoms with Gasteiger partial charge in [0.1, 0.15) is 5.75 Å². The van der Waals surface area contributed by atoms with Crippen LogP contribution >= 0.6 is 28.3 Å². The lowest BCUT2D eigenvalue weighted by Crippen LogP contribution is -2.32. The van der Waals surface area contributed by atoms with Crippen molar-refractivity contribution in [2.45, 2.75) is 38.3 Å². The number of methoxy groups -OCH3 is 1. The summed E-state index contributed by atoms with van der Waals surface area (Å²) in [5, 5.41) is 0. The molecule has 0 radical (unpaired) electrons. The van der Waals surface area contributed by atoms with Crippen molar-refractivity contribution in [3.8, 4) is 5.75 Å². The first-order chi connectivity index (χ1) is 10.0. The number of carbonyl (C=O) groups excluding carboxylic acids is 1. The van der Waals surface area contributed by atoms with E-state index in [2.05, 4.69) is 15.9 Å². The van der Waals surface area contributed by atoms with E-state index in [0.29, 0.717) is 18.9 Å². The van der Waals surface area contributed by atoms with Crippen LogP contribution in [0.3, 0.4) is 0 Å². The van der Waals surface area contributed by atoms with Crippen molar-refractivity contribution in [2.75, 3.05) is 14.2 Å². The standard InChI is InChI=1S/C16H23BrN2O2.ClH/c1-19(16(20)9-11-4-3-5-14(11)18)10-12-8-13(17)6-7-15(12)21-2;/h6-8,11,14H,3-5,9-10,18H2,1-2H3;1H/t11-,14+;/m0./s1. The van der Waals surface area contributed by atoms with E-state index in [1.807, 2.05) is 25.2 Å². The largest absolute Gasteiger partial charge is 0.496 e. The summed E-state index contributed by atoms with van der Waals surface area (Å²) in [6.45, 7) is 0.545. The molecule has 0 bridgehead atoms. The number of ether oxygens (including phenoxy) is 1. The smallest absolute Gasteiger partial charge is 0.222 e. The minimum atomic E-state index is 0. The zero-order valence-electron chi connectivity index (χ0n) is 13.0. The Morgan fingerprint density at radius 1 is 1.45 bits per heavy atom. The molecule has 1 aliphatic rings. The van der Waals surface area contributed by atoms with Gasteiger partial charge >= 0.3 is 0 Å². The summed E-state index contributed by atoms with van der Waals surface area (Å²) in [5.74, 6) is 1.29. The molecule has 1 saturated carbocycles. The average Bonchev–Trinajstić information content (AvgIpc) is 2.84. The van der Waals surface area contributed by atoms with E-state index in [0.717, 1.165) is 35.0 Å². The minimum absolute atomic E-state index is 0. The fourth-order valence-electron chi connectivity index (χ4n) is 2.91. The molecule has 124 valence electrons. The second-order valence-electron chi connectivity index (χ2n) is 5.76. The first-order valence-electron chi connectivity index (χ1n) is 7.33. The van der Waals surface area contributed by atoms with E-state index >= 15 is 0 Å². The van der Waals surface area contributed by atoms with Crippen molar-refractivity contribution >= 4 is 34.2 Å². The number of nitrogens with zero attached hydrogens (tertiary/aromatic N) is 1. The molecule has 1 aromatic carbocycles. The maximum atomic E-state index is 12.4. The summed E-state index contributed by atoms with van der Waals surface area (Å²) in [6.07, 6.45) is 3.80. The molecule has 0 spiro atoms. The number of carbonyl (C=O) groups is 1. The molecule has 1 aliphatic carbocycles. The molecule has 0 saturated heterocycles. The molecule has 2 rings (SSSR count). The van der Waals surface area contributed by atoms with Gasteiger partial charge in [0.25, 0.3) is 0 Å². The van der Waals surface area contributed by atoms with Crippen molar-refractivity contribution in [1.82, 2.24) is 4.90 Å². The van der Waals surface area contributed by atoms with Gasteiger partial charge in [-0.3, -0.25) is 4.79 Å². The molecule has 2 atom stereocenters. The van der Waals surface area contributed by atoms with E-state index < -0.39 is 0 Å². The summed E-state index contributed by atoms with van der Waals surface area (Å²) in [5.41, 5.74) is 7.05. The maximum absolute atomic E-state index is 12.4. The maximum Gasteiger partial charge on any atom is 0.222 e. The Morgan fingerprint density at radius 2 is 2.18 bits per heavy atom. The number of nitrogens with two attached hydrogens (primary N) is 1. The van der Waals surface area contributed by atoms with Gasteiger partial charge in [-0.1, -0.05) is 22.4 Å². The Hall–Kier alpha value is -0.780. The third-order valence-corrected chi connectivity index (χ3v) is 4.72. The number of rotatable bonds is 5. The first kappa shape index (κ1) is 19.3. The number of hydrogen-bond donors (Lipinski definition) is 1. The van der Waals surface area contributed by atoms with E-state index in [4.69, 9.17) is 10.5 Å². The highest BCUT2D eigenvalue weighted by molar-refractivity contribution is 9.10. The zero-order chi connectivity index (χ0) is 15.4. The van der Waals surface area contributed by atoms with Gasteiger partial charge in [-0.15, -0.1) is 12.4 Å². The lowest BCUT2D eigenvalue weighted by atomic mass is 9.99. The van der Waals surface area contributed by atoms with E-state index in [9.17, 15) is 4.79 Å². The van der Waals surface area contributed by atoms with Crippen LogP contribution in [0.4, 0.5) is 0 Å². The predicted octanol–water partition coefficient (Wildman–Crippen LogP) is 3.36. The van der Waals surface area contributed by atoms with Crippen LogP contribution in [-0.4, -0.2) is 31.0 Å². The molecule has 0 aliphatic heterocycles. The monoisotopic (exact) mass is 390 g/mol. The summed E-state index contributed by atoms with van der Waals surface area (Å²) >= 11 is 3.46. The van der Waals surface area contributed by atoms with Crippen molar-refractivity contribution in [2.24, 2.45) is 11.7 Å². The topological polar surface area (TPSA) is 55.6 Å².